The third kappa shape index (κ3) is 4.49. The number of thiocarbonyl (C=S) groups is 1. The zero-order valence-corrected chi connectivity index (χ0v) is 17.2. The van der Waals surface area contributed by atoms with Gasteiger partial charge in [-0.2, -0.15) is 0 Å². The molecule has 2 aromatic carbocycles. The van der Waals surface area contributed by atoms with Crippen molar-refractivity contribution in [3.8, 4) is 5.75 Å². The van der Waals surface area contributed by atoms with Crippen LogP contribution in [0.2, 0.25) is 0 Å². The largest absolute Gasteiger partial charge is 0.497 e. The Bertz CT molecular complexity index is 781. The van der Waals surface area contributed by atoms with Gasteiger partial charge < -0.3 is 9.64 Å². The first-order valence-electron chi connectivity index (χ1n) is 9.00. The Balaban J connectivity index is 1.82. The van der Waals surface area contributed by atoms with Gasteiger partial charge in [0.05, 0.1) is 13.2 Å². The molecular formula is C22H25NOS2. The Morgan fingerprint density at radius 1 is 1.12 bits per heavy atom. The maximum Gasteiger partial charge on any atom is 0.141 e. The highest BCUT2D eigenvalue weighted by Crippen LogP contribution is 2.40. The van der Waals surface area contributed by atoms with Crippen LogP contribution in [0.15, 0.2) is 53.4 Å². The predicted molar refractivity (Wildman–Crippen MR) is 117 cm³/mol. The van der Waals surface area contributed by atoms with Crippen molar-refractivity contribution in [1.29, 1.82) is 0 Å². The molecule has 0 N–H and O–H groups in total. The van der Waals surface area contributed by atoms with Crippen LogP contribution in [0.1, 0.15) is 36.5 Å². The second-order valence-electron chi connectivity index (χ2n) is 6.61. The molecule has 1 atom stereocenters. The van der Waals surface area contributed by atoms with Gasteiger partial charge in [0.1, 0.15) is 10.1 Å². The van der Waals surface area contributed by atoms with Crippen LogP contribution in [0.4, 0.5) is 0 Å². The summed E-state index contributed by atoms with van der Waals surface area (Å²) in [5.74, 6) is 0.886. The SMILES string of the molecule is CCCC1/C(=C/c2ccc(C)cc2)SC(=S)N1Cc1ccc(OC)cc1. The van der Waals surface area contributed by atoms with Gasteiger partial charge in [-0.05, 0) is 42.7 Å². The fraction of sp³-hybridized carbons (Fsp3) is 0.318. The Kier molecular flexibility index (Phi) is 6.38. The van der Waals surface area contributed by atoms with Gasteiger partial charge in [0, 0.05) is 11.4 Å². The molecular weight excluding hydrogens is 358 g/mol. The summed E-state index contributed by atoms with van der Waals surface area (Å²) in [4.78, 5) is 3.72. The van der Waals surface area contributed by atoms with Gasteiger partial charge in [0.25, 0.3) is 0 Å². The molecule has 0 spiro atoms. The van der Waals surface area contributed by atoms with Gasteiger partial charge in [-0.25, -0.2) is 0 Å². The predicted octanol–water partition coefficient (Wildman–Crippen LogP) is 6.05. The monoisotopic (exact) mass is 383 g/mol. The first kappa shape index (κ1) is 19.0. The molecule has 0 saturated carbocycles. The molecule has 136 valence electrons. The van der Waals surface area contributed by atoms with Crippen LogP contribution >= 0.6 is 24.0 Å². The molecule has 3 rings (SSSR count). The van der Waals surface area contributed by atoms with Crippen LogP contribution in [0, 0.1) is 6.92 Å². The number of thioether (sulfide) groups is 1. The summed E-state index contributed by atoms with van der Waals surface area (Å²) in [6, 6.07) is 17.3. The topological polar surface area (TPSA) is 12.5 Å². The van der Waals surface area contributed by atoms with Crippen LogP contribution in [0.3, 0.4) is 0 Å². The molecule has 1 aliphatic rings. The van der Waals surface area contributed by atoms with Crippen molar-refractivity contribution in [2.24, 2.45) is 0 Å². The summed E-state index contributed by atoms with van der Waals surface area (Å²) in [6.45, 7) is 5.19. The number of aryl methyl sites for hydroxylation is 1. The maximum atomic E-state index is 5.72. The van der Waals surface area contributed by atoms with Gasteiger partial charge in [-0.1, -0.05) is 79.3 Å². The molecule has 0 radical (unpaired) electrons. The normalized spacial score (nSPS) is 18.6. The molecule has 2 aromatic rings. The quantitative estimate of drug-likeness (QED) is 0.563. The minimum atomic E-state index is 0.362. The summed E-state index contributed by atoms with van der Waals surface area (Å²) in [5, 5.41) is 0. The van der Waals surface area contributed by atoms with Crippen LogP contribution < -0.4 is 4.74 Å². The van der Waals surface area contributed by atoms with E-state index in [1.807, 2.05) is 12.1 Å². The summed E-state index contributed by atoms with van der Waals surface area (Å²) in [5.41, 5.74) is 3.78. The first-order valence-corrected chi connectivity index (χ1v) is 10.2. The molecule has 4 heteroatoms. The second kappa shape index (κ2) is 8.74. The number of benzene rings is 2. The number of methoxy groups -OCH3 is 1. The van der Waals surface area contributed by atoms with Crippen LogP contribution in [-0.2, 0) is 6.54 Å². The average molecular weight is 384 g/mol. The third-order valence-corrected chi connectivity index (χ3v) is 6.12. The minimum Gasteiger partial charge on any atom is -0.497 e. The molecule has 1 unspecified atom stereocenters. The van der Waals surface area contributed by atoms with Gasteiger partial charge in [-0.15, -0.1) is 0 Å². The molecule has 26 heavy (non-hydrogen) atoms. The van der Waals surface area contributed by atoms with Crippen molar-refractivity contribution >= 4 is 34.4 Å². The van der Waals surface area contributed by atoms with E-state index in [9.17, 15) is 0 Å². The van der Waals surface area contributed by atoms with Gasteiger partial charge >= 0.3 is 0 Å². The Morgan fingerprint density at radius 2 is 1.81 bits per heavy atom. The first-order chi connectivity index (χ1) is 12.6. The van der Waals surface area contributed by atoms with Gasteiger partial charge in [0.2, 0.25) is 0 Å². The molecule has 1 aliphatic heterocycles. The number of hydrogen-bond donors (Lipinski definition) is 0. The van der Waals surface area contributed by atoms with E-state index in [4.69, 9.17) is 17.0 Å². The zero-order valence-electron chi connectivity index (χ0n) is 15.6. The summed E-state index contributed by atoms with van der Waals surface area (Å²) in [7, 11) is 1.70. The van der Waals surface area contributed by atoms with E-state index in [0.29, 0.717) is 6.04 Å². The second-order valence-corrected chi connectivity index (χ2v) is 8.31. The third-order valence-electron chi connectivity index (χ3n) is 4.60. The standard InChI is InChI=1S/C22H25NOS2/c1-4-5-20-21(14-17-8-6-16(2)7-9-17)26-22(25)23(20)15-18-10-12-19(24-3)13-11-18/h6-14,20H,4-5,15H2,1-3H3/b21-14-. The Morgan fingerprint density at radius 3 is 2.42 bits per heavy atom. The van der Waals surface area contributed by atoms with E-state index in [1.54, 1.807) is 18.9 Å². The fourth-order valence-electron chi connectivity index (χ4n) is 3.13. The zero-order chi connectivity index (χ0) is 18.5. The van der Waals surface area contributed by atoms with Crippen molar-refractivity contribution in [2.45, 2.75) is 39.3 Å². The van der Waals surface area contributed by atoms with E-state index >= 15 is 0 Å². The average Bonchev–Trinajstić information content (AvgIpc) is 2.93. The van der Waals surface area contributed by atoms with E-state index in [2.05, 4.69) is 61.2 Å². The van der Waals surface area contributed by atoms with Crippen molar-refractivity contribution in [2.75, 3.05) is 7.11 Å². The highest BCUT2D eigenvalue weighted by Gasteiger charge is 2.32. The van der Waals surface area contributed by atoms with E-state index < -0.39 is 0 Å². The van der Waals surface area contributed by atoms with Crippen LogP contribution in [-0.4, -0.2) is 22.4 Å². The lowest BCUT2D eigenvalue weighted by atomic mass is 10.1. The lowest BCUT2D eigenvalue weighted by molar-refractivity contribution is 0.348. The van der Waals surface area contributed by atoms with Crippen LogP contribution in [0.25, 0.3) is 6.08 Å². The Labute approximate surface area is 166 Å². The molecule has 0 aromatic heterocycles. The Hall–Kier alpha value is -1.78. The minimum absolute atomic E-state index is 0.362. The molecule has 1 saturated heterocycles. The molecule has 0 amide bonds. The lowest BCUT2D eigenvalue weighted by Crippen LogP contribution is -2.31. The van der Waals surface area contributed by atoms with Crippen molar-refractivity contribution in [3.05, 3.63) is 70.1 Å². The smallest absolute Gasteiger partial charge is 0.141 e. The highest BCUT2D eigenvalue weighted by atomic mass is 32.2. The van der Waals surface area contributed by atoms with E-state index in [0.717, 1.165) is 29.5 Å². The van der Waals surface area contributed by atoms with Gasteiger partial charge in [0.15, 0.2) is 0 Å². The number of ether oxygens (including phenoxy) is 1. The van der Waals surface area contributed by atoms with Crippen LogP contribution in [0.5, 0.6) is 5.75 Å². The molecule has 2 nitrogen and oxygen atoms in total. The molecule has 1 fully saturated rings. The van der Waals surface area contributed by atoms with Gasteiger partial charge in [-0.3, -0.25) is 0 Å². The molecule has 0 aliphatic carbocycles. The number of rotatable bonds is 6. The molecule has 1 heterocycles. The molecule has 0 bridgehead atoms. The number of hydrogen-bond acceptors (Lipinski definition) is 3. The maximum absolute atomic E-state index is 5.72. The van der Waals surface area contributed by atoms with E-state index in [-0.39, 0.29) is 0 Å². The summed E-state index contributed by atoms with van der Waals surface area (Å²) < 4.78 is 6.23. The fourth-order valence-corrected chi connectivity index (χ4v) is 4.70. The van der Waals surface area contributed by atoms with Crippen molar-refractivity contribution < 1.29 is 4.74 Å². The highest BCUT2D eigenvalue weighted by molar-refractivity contribution is 8.26. The number of nitrogens with zero attached hydrogens (tertiary/aromatic N) is 1. The summed E-state index contributed by atoms with van der Waals surface area (Å²) in [6.07, 6.45) is 4.55. The van der Waals surface area contributed by atoms with Crippen molar-refractivity contribution in [3.63, 3.8) is 0 Å². The van der Waals surface area contributed by atoms with Crippen molar-refractivity contribution in [1.82, 2.24) is 4.90 Å². The van der Waals surface area contributed by atoms with E-state index in [1.165, 1.54) is 21.6 Å². The summed E-state index contributed by atoms with van der Waals surface area (Å²) >= 11 is 7.46. The lowest BCUT2D eigenvalue weighted by Gasteiger charge is -2.26.